The molecular weight excluding hydrogens is 246 g/mol. The number of hydrogen-bond donors (Lipinski definition) is 1. The van der Waals surface area contributed by atoms with E-state index in [4.69, 9.17) is 4.74 Å². The molecule has 0 heterocycles. The van der Waals surface area contributed by atoms with Crippen LogP contribution in [-0.4, -0.2) is 12.6 Å². The minimum absolute atomic E-state index is 0.565. The summed E-state index contributed by atoms with van der Waals surface area (Å²) >= 11 is 0. The molecule has 0 radical (unpaired) electrons. The molecule has 20 heavy (non-hydrogen) atoms. The van der Waals surface area contributed by atoms with Gasteiger partial charge in [-0.1, -0.05) is 38.6 Å². The molecule has 1 saturated carbocycles. The third kappa shape index (κ3) is 4.38. The van der Waals surface area contributed by atoms with Crippen molar-refractivity contribution in [3.05, 3.63) is 42.5 Å². The van der Waals surface area contributed by atoms with E-state index in [0.29, 0.717) is 12.6 Å². The predicted molar refractivity (Wildman–Crippen MR) is 84.9 cm³/mol. The molecule has 1 aliphatic carbocycles. The van der Waals surface area contributed by atoms with Crippen molar-refractivity contribution in [2.24, 2.45) is 11.8 Å². The maximum atomic E-state index is 5.49. The van der Waals surface area contributed by atoms with E-state index in [1.807, 2.05) is 12.1 Å². The first-order chi connectivity index (χ1) is 9.69. The number of ether oxygens (including phenoxy) is 1. The van der Waals surface area contributed by atoms with Gasteiger partial charge in [-0.25, -0.2) is 0 Å². The van der Waals surface area contributed by atoms with Crippen LogP contribution in [0.2, 0.25) is 0 Å². The number of benzene rings is 1. The average molecular weight is 273 g/mol. The zero-order chi connectivity index (χ0) is 14.4. The maximum absolute atomic E-state index is 5.49. The lowest BCUT2D eigenvalue weighted by Crippen LogP contribution is -2.35. The van der Waals surface area contributed by atoms with Crippen molar-refractivity contribution in [1.82, 2.24) is 5.32 Å². The smallest absolute Gasteiger partial charge is 0.119 e. The second-order valence-corrected chi connectivity index (χ2v) is 6.09. The number of hydrogen-bond acceptors (Lipinski definition) is 2. The molecule has 0 amide bonds. The summed E-state index contributed by atoms with van der Waals surface area (Å²) in [5.74, 6) is 2.64. The molecular formula is C18H27NO. The van der Waals surface area contributed by atoms with Crippen molar-refractivity contribution in [2.75, 3.05) is 6.61 Å². The summed E-state index contributed by atoms with van der Waals surface area (Å²) < 4.78 is 5.49. The Balaban J connectivity index is 1.77. The van der Waals surface area contributed by atoms with E-state index in [1.54, 1.807) is 6.08 Å². The summed E-state index contributed by atoms with van der Waals surface area (Å²) in [4.78, 5) is 0. The highest BCUT2D eigenvalue weighted by Crippen LogP contribution is 2.29. The Morgan fingerprint density at radius 3 is 2.60 bits per heavy atom. The van der Waals surface area contributed by atoms with Crippen LogP contribution in [0.5, 0.6) is 5.75 Å². The van der Waals surface area contributed by atoms with E-state index in [1.165, 1.54) is 24.8 Å². The lowest BCUT2D eigenvalue weighted by molar-refractivity contribution is 0.225. The van der Waals surface area contributed by atoms with Gasteiger partial charge in [0.15, 0.2) is 0 Å². The summed E-state index contributed by atoms with van der Waals surface area (Å²) in [6.07, 6.45) is 5.74. The fourth-order valence-corrected chi connectivity index (χ4v) is 2.85. The molecule has 1 aliphatic rings. The second-order valence-electron chi connectivity index (χ2n) is 6.09. The SMILES string of the molecule is C=CCOc1ccc(CNC2CCC(C)C(C)C2)cc1. The van der Waals surface area contributed by atoms with Crippen LogP contribution in [-0.2, 0) is 6.54 Å². The minimum Gasteiger partial charge on any atom is -0.490 e. The topological polar surface area (TPSA) is 21.3 Å². The maximum Gasteiger partial charge on any atom is 0.119 e. The van der Waals surface area contributed by atoms with Crippen molar-refractivity contribution in [2.45, 2.75) is 45.7 Å². The summed E-state index contributed by atoms with van der Waals surface area (Å²) in [6, 6.07) is 9.02. The van der Waals surface area contributed by atoms with Gasteiger partial charge >= 0.3 is 0 Å². The van der Waals surface area contributed by atoms with Crippen LogP contribution >= 0.6 is 0 Å². The van der Waals surface area contributed by atoms with Crippen molar-refractivity contribution >= 4 is 0 Å². The zero-order valence-corrected chi connectivity index (χ0v) is 12.8. The third-order valence-corrected chi connectivity index (χ3v) is 4.48. The molecule has 0 aliphatic heterocycles. The summed E-state index contributed by atoms with van der Waals surface area (Å²) in [5.41, 5.74) is 1.32. The summed E-state index contributed by atoms with van der Waals surface area (Å²) in [5, 5.41) is 3.69. The largest absolute Gasteiger partial charge is 0.490 e. The number of rotatable bonds is 6. The fourth-order valence-electron chi connectivity index (χ4n) is 2.85. The van der Waals surface area contributed by atoms with Gasteiger partial charge in [0.25, 0.3) is 0 Å². The Kier molecular flexibility index (Phi) is 5.66. The molecule has 1 aromatic carbocycles. The first-order valence-corrected chi connectivity index (χ1v) is 7.75. The lowest BCUT2D eigenvalue weighted by Gasteiger charge is -2.32. The molecule has 110 valence electrons. The monoisotopic (exact) mass is 273 g/mol. The van der Waals surface area contributed by atoms with Gasteiger partial charge in [-0.05, 0) is 48.8 Å². The van der Waals surface area contributed by atoms with Gasteiger partial charge in [0.2, 0.25) is 0 Å². The lowest BCUT2D eigenvalue weighted by atomic mass is 9.79. The first kappa shape index (κ1) is 15.1. The van der Waals surface area contributed by atoms with Crippen LogP contribution in [0.1, 0.15) is 38.7 Å². The molecule has 0 bridgehead atoms. The quantitative estimate of drug-likeness (QED) is 0.786. The molecule has 1 fully saturated rings. The van der Waals surface area contributed by atoms with E-state index in [-0.39, 0.29) is 0 Å². The molecule has 1 aromatic rings. The zero-order valence-electron chi connectivity index (χ0n) is 12.8. The van der Waals surface area contributed by atoms with Crippen LogP contribution in [0.3, 0.4) is 0 Å². The molecule has 1 N–H and O–H groups in total. The van der Waals surface area contributed by atoms with Crippen LogP contribution in [0.4, 0.5) is 0 Å². The second kappa shape index (κ2) is 7.49. The van der Waals surface area contributed by atoms with E-state index < -0.39 is 0 Å². The van der Waals surface area contributed by atoms with Crippen molar-refractivity contribution in [3.8, 4) is 5.75 Å². The summed E-state index contributed by atoms with van der Waals surface area (Å²) in [7, 11) is 0. The highest BCUT2D eigenvalue weighted by atomic mass is 16.5. The Morgan fingerprint density at radius 2 is 1.95 bits per heavy atom. The van der Waals surface area contributed by atoms with Gasteiger partial charge in [-0.15, -0.1) is 0 Å². The summed E-state index contributed by atoms with van der Waals surface area (Å²) in [6.45, 7) is 9.93. The average Bonchev–Trinajstić information content (AvgIpc) is 2.47. The van der Waals surface area contributed by atoms with E-state index in [0.717, 1.165) is 24.1 Å². The van der Waals surface area contributed by atoms with E-state index in [2.05, 4.69) is 37.9 Å². The Labute approximate surface area is 123 Å². The van der Waals surface area contributed by atoms with Gasteiger partial charge in [-0.2, -0.15) is 0 Å². The van der Waals surface area contributed by atoms with Crippen molar-refractivity contribution < 1.29 is 4.74 Å². The highest BCUT2D eigenvalue weighted by Gasteiger charge is 2.23. The van der Waals surface area contributed by atoms with Gasteiger partial charge in [0.05, 0.1) is 0 Å². The van der Waals surface area contributed by atoms with Gasteiger partial charge in [-0.3, -0.25) is 0 Å². The predicted octanol–water partition coefficient (Wildman–Crippen LogP) is 4.17. The highest BCUT2D eigenvalue weighted by molar-refractivity contribution is 5.27. The molecule has 3 unspecified atom stereocenters. The third-order valence-electron chi connectivity index (χ3n) is 4.48. The van der Waals surface area contributed by atoms with Gasteiger partial charge < -0.3 is 10.1 Å². The molecule has 3 atom stereocenters. The normalized spacial score (nSPS) is 26.2. The van der Waals surface area contributed by atoms with E-state index >= 15 is 0 Å². The Bertz CT molecular complexity index is 412. The van der Waals surface area contributed by atoms with Crippen molar-refractivity contribution in [3.63, 3.8) is 0 Å². The van der Waals surface area contributed by atoms with Gasteiger partial charge in [0.1, 0.15) is 12.4 Å². The van der Waals surface area contributed by atoms with Crippen LogP contribution in [0, 0.1) is 11.8 Å². The molecule has 0 saturated heterocycles. The van der Waals surface area contributed by atoms with Gasteiger partial charge in [0, 0.05) is 12.6 Å². The van der Waals surface area contributed by atoms with Crippen LogP contribution in [0.25, 0.3) is 0 Å². The molecule has 0 spiro atoms. The standard InChI is InChI=1S/C18H27NO/c1-4-11-20-18-9-6-16(7-10-18)13-19-17-8-5-14(2)15(3)12-17/h4,6-7,9-10,14-15,17,19H,1,5,8,11-13H2,2-3H3. The van der Waals surface area contributed by atoms with Crippen LogP contribution < -0.4 is 10.1 Å². The molecule has 0 aromatic heterocycles. The molecule has 2 rings (SSSR count). The molecule has 2 heteroatoms. The van der Waals surface area contributed by atoms with Crippen LogP contribution in [0.15, 0.2) is 36.9 Å². The fraction of sp³-hybridized carbons (Fsp3) is 0.556. The molecule has 2 nitrogen and oxygen atoms in total. The van der Waals surface area contributed by atoms with E-state index in [9.17, 15) is 0 Å². The first-order valence-electron chi connectivity index (χ1n) is 7.75. The van der Waals surface area contributed by atoms with Crippen molar-refractivity contribution in [1.29, 1.82) is 0 Å². The minimum atomic E-state index is 0.565. The number of nitrogens with one attached hydrogen (secondary N) is 1. The Hall–Kier alpha value is -1.28. The Morgan fingerprint density at radius 1 is 1.20 bits per heavy atom.